The minimum atomic E-state index is -0.0880. The fourth-order valence-electron chi connectivity index (χ4n) is 1.66. The SMILES string of the molecule is Cc1cccc2cc([C@H](C)N)c(Cl)nc12. The Balaban J connectivity index is 2.76. The standard InChI is InChI=1S/C12H13ClN2/c1-7-4-3-5-9-6-10(8(2)14)12(13)15-11(7)9/h3-6,8H,14H2,1-2H3/t8-/m0/s1. The Morgan fingerprint density at radius 2 is 2.13 bits per heavy atom. The van der Waals surface area contributed by atoms with Crippen LogP contribution >= 0.6 is 11.6 Å². The number of nitrogens with zero attached hydrogens (tertiary/aromatic N) is 1. The van der Waals surface area contributed by atoms with Gasteiger partial charge in [-0.1, -0.05) is 29.8 Å². The number of nitrogens with two attached hydrogens (primary N) is 1. The van der Waals surface area contributed by atoms with E-state index >= 15 is 0 Å². The molecule has 2 nitrogen and oxygen atoms in total. The topological polar surface area (TPSA) is 38.9 Å². The first-order chi connectivity index (χ1) is 7.09. The summed E-state index contributed by atoms with van der Waals surface area (Å²) >= 11 is 6.08. The molecule has 0 amide bonds. The first-order valence-electron chi connectivity index (χ1n) is 4.91. The van der Waals surface area contributed by atoms with Gasteiger partial charge in [0.2, 0.25) is 0 Å². The molecule has 1 aromatic carbocycles. The van der Waals surface area contributed by atoms with E-state index in [2.05, 4.69) is 4.98 Å². The fraction of sp³-hybridized carbons (Fsp3) is 0.250. The van der Waals surface area contributed by atoms with E-state index in [9.17, 15) is 0 Å². The molecule has 0 bridgehead atoms. The average molecular weight is 221 g/mol. The second kappa shape index (κ2) is 3.80. The summed E-state index contributed by atoms with van der Waals surface area (Å²) in [6.07, 6.45) is 0. The Labute approximate surface area is 94.1 Å². The van der Waals surface area contributed by atoms with E-state index in [1.807, 2.05) is 38.1 Å². The summed E-state index contributed by atoms with van der Waals surface area (Å²) in [5, 5.41) is 1.60. The monoisotopic (exact) mass is 220 g/mol. The van der Waals surface area contributed by atoms with Crippen molar-refractivity contribution in [1.82, 2.24) is 4.98 Å². The molecule has 0 spiro atoms. The summed E-state index contributed by atoms with van der Waals surface area (Å²) in [6, 6.07) is 7.99. The average Bonchev–Trinajstić information content (AvgIpc) is 2.18. The number of rotatable bonds is 1. The van der Waals surface area contributed by atoms with Gasteiger partial charge in [0.05, 0.1) is 5.52 Å². The molecule has 0 unspecified atom stereocenters. The maximum Gasteiger partial charge on any atom is 0.134 e. The van der Waals surface area contributed by atoms with Gasteiger partial charge in [0.15, 0.2) is 0 Å². The molecule has 2 rings (SSSR count). The highest BCUT2D eigenvalue weighted by Gasteiger charge is 2.09. The summed E-state index contributed by atoms with van der Waals surface area (Å²) in [4.78, 5) is 4.38. The first-order valence-corrected chi connectivity index (χ1v) is 5.28. The molecule has 0 aliphatic carbocycles. The normalized spacial score (nSPS) is 13.1. The number of hydrogen-bond acceptors (Lipinski definition) is 2. The maximum absolute atomic E-state index is 6.08. The van der Waals surface area contributed by atoms with Gasteiger partial charge in [-0.15, -0.1) is 0 Å². The molecule has 1 aromatic heterocycles. The summed E-state index contributed by atoms with van der Waals surface area (Å²) in [6.45, 7) is 3.93. The fourth-order valence-corrected chi connectivity index (χ4v) is 1.97. The van der Waals surface area contributed by atoms with Crippen LogP contribution in [0, 0.1) is 6.92 Å². The van der Waals surface area contributed by atoms with E-state index in [1.165, 1.54) is 0 Å². The van der Waals surface area contributed by atoms with Crippen LogP contribution in [0.5, 0.6) is 0 Å². The second-order valence-electron chi connectivity index (χ2n) is 3.80. The van der Waals surface area contributed by atoms with Gasteiger partial charge in [-0.25, -0.2) is 4.98 Å². The minimum absolute atomic E-state index is 0.0880. The number of para-hydroxylation sites is 1. The molecule has 3 heteroatoms. The van der Waals surface area contributed by atoms with Crippen LogP contribution in [0.15, 0.2) is 24.3 Å². The van der Waals surface area contributed by atoms with Crippen LogP contribution in [0.2, 0.25) is 5.15 Å². The third-order valence-electron chi connectivity index (χ3n) is 2.52. The van der Waals surface area contributed by atoms with Crippen LogP contribution in [0.4, 0.5) is 0 Å². The first kappa shape index (κ1) is 10.4. The predicted octanol–water partition coefficient (Wildman–Crippen LogP) is 3.22. The summed E-state index contributed by atoms with van der Waals surface area (Å²) < 4.78 is 0. The Morgan fingerprint density at radius 3 is 2.80 bits per heavy atom. The zero-order valence-electron chi connectivity index (χ0n) is 8.79. The molecule has 78 valence electrons. The van der Waals surface area contributed by atoms with Crippen molar-refractivity contribution in [2.75, 3.05) is 0 Å². The lowest BCUT2D eigenvalue weighted by atomic mass is 10.1. The minimum Gasteiger partial charge on any atom is -0.324 e. The van der Waals surface area contributed by atoms with Crippen molar-refractivity contribution in [2.24, 2.45) is 5.73 Å². The molecule has 2 aromatic rings. The lowest BCUT2D eigenvalue weighted by Crippen LogP contribution is -2.06. The second-order valence-corrected chi connectivity index (χ2v) is 4.16. The van der Waals surface area contributed by atoms with Crippen molar-refractivity contribution >= 4 is 22.5 Å². The Hall–Kier alpha value is -1.12. The van der Waals surface area contributed by atoms with Gasteiger partial charge in [-0.3, -0.25) is 0 Å². The van der Waals surface area contributed by atoms with E-state index in [0.29, 0.717) is 5.15 Å². The third kappa shape index (κ3) is 1.83. The molecule has 0 fully saturated rings. The van der Waals surface area contributed by atoms with Gasteiger partial charge in [-0.05, 0) is 25.5 Å². The van der Waals surface area contributed by atoms with E-state index < -0.39 is 0 Å². The van der Waals surface area contributed by atoms with Gasteiger partial charge in [-0.2, -0.15) is 0 Å². The zero-order valence-corrected chi connectivity index (χ0v) is 9.55. The Kier molecular flexibility index (Phi) is 2.63. The van der Waals surface area contributed by atoms with Crippen LogP contribution in [-0.4, -0.2) is 4.98 Å². The van der Waals surface area contributed by atoms with Gasteiger partial charge in [0.1, 0.15) is 5.15 Å². The summed E-state index contributed by atoms with van der Waals surface area (Å²) in [5.41, 5.74) is 8.80. The summed E-state index contributed by atoms with van der Waals surface area (Å²) in [7, 11) is 0. The molecule has 15 heavy (non-hydrogen) atoms. The molecule has 0 saturated heterocycles. The lowest BCUT2D eigenvalue weighted by molar-refractivity contribution is 0.815. The van der Waals surface area contributed by atoms with Crippen molar-refractivity contribution in [2.45, 2.75) is 19.9 Å². The van der Waals surface area contributed by atoms with Crippen molar-refractivity contribution in [3.63, 3.8) is 0 Å². The zero-order chi connectivity index (χ0) is 11.0. The molecule has 1 atom stereocenters. The van der Waals surface area contributed by atoms with E-state index in [0.717, 1.165) is 22.0 Å². The van der Waals surface area contributed by atoms with Crippen LogP contribution in [-0.2, 0) is 0 Å². The number of hydrogen-bond donors (Lipinski definition) is 1. The predicted molar refractivity (Wildman–Crippen MR) is 64.1 cm³/mol. The van der Waals surface area contributed by atoms with Crippen molar-refractivity contribution in [3.8, 4) is 0 Å². The number of aryl methyl sites for hydroxylation is 1. The smallest absolute Gasteiger partial charge is 0.134 e. The molecule has 0 aliphatic heterocycles. The van der Waals surface area contributed by atoms with E-state index in [4.69, 9.17) is 17.3 Å². The molecular weight excluding hydrogens is 208 g/mol. The highest BCUT2D eigenvalue weighted by molar-refractivity contribution is 6.30. The summed E-state index contributed by atoms with van der Waals surface area (Å²) in [5.74, 6) is 0. The van der Waals surface area contributed by atoms with Crippen LogP contribution in [0.1, 0.15) is 24.1 Å². The molecule has 2 N–H and O–H groups in total. The number of pyridine rings is 1. The number of halogens is 1. The quantitative estimate of drug-likeness (QED) is 0.750. The molecular formula is C12H13ClN2. The largest absolute Gasteiger partial charge is 0.324 e. The highest BCUT2D eigenvalue weighted by Crippen LogP contribution is 2.25. The van der Waals surface area contributed by atoms with Gasteiger partial charge in [0, 0.05) is 17.0 Å². The van der Waals surface area contributed by atoms with E-state index in [1.54, 1.807) is 0 Å². The molecule has 0 aliphatic rings. The van der Waals surface area contributed by atoms with Crippen molar-refractivity contribution in [1.29, 1.82) is 0 Å². The number of aromatic nitrogens is 1. The molecule has 0 saturated carbocycles. The number of fused-ring (bicyclic) bond motifs is 1. The van der Waals surface area contributed by atoms with Gasteiger partial charge < -0.3 is 5.73 Å². The molecule has 1 heterocycles. The van der Waals surface area contributed by atoms with Gasteiger partial charge in [0.25, 0.3) is 0 Å². The van der Waals surface area contributed by atoms with Crippen LogP contribution in [0.3, 0.4) is 0 Å². The van der Waals surface area contributed by atoms with Crippen molar-refractivity contribution < 1.29 is 0 Å². The Bertz CT molecular complexity index is 506. The lowest BCUT2D eigenvalue weighted by Gasteiger charge is -2.10. The number of benzene rings is 1. The van der Waals surface area contributed by atoms with E-state index in [-0.39, 0.29) is 6.04 Å². The maximum atomic E-state index is 6.08. The van der Waals surface area contributed by atoms with Crippen LogP contribution < -0.4 is 5.73 Å². The highest BCUT2D eigenvalue weighted by atomic mass is 35.5. The third-order valence-corrected chi connectivity index (χ3v) is 2.82. The van der Waals surface area contributed by atoms with Crippen LogP contribution in [0.25, 0.3) is 10.9 Å². The Morgan fingerprint density at radius 1 is 1.40 bits per heavy atom. The van der Waals surface area contributed by atoms with Crippen molar-refractivity contribution in [3.05, 3.63) is 40.5 Å². The van der Waals surface area contributed by atoms with Gasteiger partial charge >= 0.3 is 0 Å². The molecule has 0 radical (unpaired) electrons.